The molecule has 0 aliphatic heterocycles. The Morgan fingerprint density at radius 3 is 1.65 bits per heavy atom. The largest absolute Gasteiger partial charge is 0.459 e. The lowest BCUT2D eigenvalue weighted by atomic mass is 10.00. The Morgan fingerprint density at radius 2 is 1.26 bits per heavy atom. The summed E-state index contributed by atoms with van der Waals surface area (Å²) in [6.07, 6.45) is 6.09. The second-order valence-electron chi connectivity index (χ2n) is 8.33. The topological polar surface area (TPSA) is 105 Å². The fourth-order valence-corrected chi connectivity index (χ4v) is 3.56. The van der Waals surface area contributed by atoms with Gasteiger partial charge in [0.1, 0.15) is 6.10 Å². The first-order valence-electron chi connectivity index (χ1n) is 12.2. The number of hydrogen-bond acceptors (Lipinski definition) is 5. The Bertz CT molecular complexity index is 472. The van der Waals surface area contributed by atoms with E-state index in [1.54, 1.807) is 0 Å². The molecule has 2 amide bonds. The zero-order valence-electron chi connectivity index (χ0n) is 20.4. The molecule has 0 radical (unpaired) electrons. The summed E-state index contributed by atoms with van der Waals surface area (Å²) < 4.78 is 5.59. The summed E-state index contributed by atoms with van der Waals surface area (Å²) >= 11 is 0. The second kappa shape index (κ2) is 18.0. The maximum Gasteiger partial charge on any atom is 0.306 e. The normalized spacial score (nSPS) is 12.3. The van der Waals surface area contributed by atoms with Gasteiger partial charge < -0.3 is 20.5 Å². The quantitative estimate of drug-likeness (QED) is 0.222. The van der Waals surface area contributed by atoms with Gasteiger partial charge in [0.05, 0.1) is 13.1 Å². The zero-order valence-corrected chi connectivity index (χ0v) is 20.4. The van der Waals surface area contributed by atoms with Crippen LogP contribution in [-0.4, -0.2) is 48.7 Å². The van der Waals surface area contributed by atoms with Gasteiger partial charge in [0, 0.05) is 24.9 Å². The van der Waals surface area contributed by atoms with E-state index in [-0.39, 0.29) is 55.2 Å². The number of ether oxygens (including phenoxy) is 1. The van der Waals surface area contributed by atoms with E-state index in [0.717, 1.165) is 44.9 Å². The van der Waals surface area contributed by atoms with Gasteiger partial charge in [0.2, 0.25) is 11.8 Å². The summed E-state index contributed by atoms with van der Waals surface area (Å²) in [5, 5.41) is 15.0. The molecular formula is C24H46N2O5. The van der Waals surface area contributed by atoms with Crippen molar-refractivity contribution in [3.63, 3.8) is 0 Å². The van der Waals surface area contributed by atoms with E-state index in [4.69, 9.17) is 4.74 Å². The van der Waals surface area contributed by atoms with Crippen LogP contribution in [0.25, 0.3) is 0 Å². The van der Waals surface area contributed by atoms with Crippen LogP contribution in [-0.2, 0) is 19.1 Å². The van der Waals surface area contributed by atoms with Crippen molar-refractivity contribution in [2.24, 2.45) is 17.8 Å². The first-order valence-corrected chi connectivity index (χ1v) is 12.2. The molecule has 0 aromatic heterocycles. The number of aliphatic hydroxyl groups excluding tert-OH is 1. The summed E-state index contributed by atoms with van der Waals surface area (Å²) in [6.45, 7) is 10.5. The van der Waals surface area contributed by atoms with Gasteiger partial charge >= 0.3 is 5.97 Å². The number of nitrogens with one attached hydrogen (secondary N) is 2. The highest BCUT2D eigenvalue weighted by atomic mass is 16.5. The molecule has 7 heteroatoms. The third-order valence-corrected chi connectivity index (χ3v) is 6.10. The molecule has 0 fully saturated rings. The molecule has 0 aromatic carbocycles. The van der Waals surface area contributed by atoms with Crippen LogP contribution in [0.1, 0.15) is 92.4 Å². The molecule has 0 heterocycles. The summed E-state index contributed by atoms with van der Waals surface area (Å²) in [6, 6.07) is 0. The standard InChI is InChI=1S/C24H46N2O5/c1-6-18(17-27)13-11-12-14-22(28)31-21(15-25-23(29)19(7-2)8-3)16-26-24(30)20(9-4)10-5/h18-21,27H,6-17H2,1-5H3,(H,25,29)(H,26,30). The molecule has 1 atom stereocenters. The smallest absolute Gasteiger partial charge is 0.306 e. The predicted molar refractivity (Wildman–Crippen MR) is 123 cm³/mol. The molecule has 0 aliphatic carbocycles. The molecule has 0 spiro atoms. The predicted octanol–water partition coefficient (Wildman–Crippen LogP) is 3.58. The number of amides is 2. The van der Waals surface area contributed by atoms with Crippen molar-refractivity contribution in [1.82, 2.24) is 10.6 Å². The molecule has 31 heavy (non-hydrogen) atoms. The Labute approximate surface area is 189 Å². The highest BCUT2D eigenvalue weighted by molar-refractivity contribution is 5.79. The minimum Gasteiger partial charge on any atom is -0.459 e. The molecule has 0 saturated heterocycles. The minimum atomic E-state index is -0.593. The highest BCUT2D eigenvalue weighted by Crippen LogP contribution is 2.13. The van der Waals surface area contributed by atoms with Crippen LogP contribution in [0.4, 0.5) is 0 Å². The maximum absolute atomic E-state index is 12.3. The monoisotopic (exact) mass is 442 g/mol. The van der Waals surface area contributed by atoms with Crippen molar-refractivity contribution in [3.05, 3.63) is 0 Å². The number of unbranched alkanes of at least 4 members (excludes halogenated alkanes) is 1. The van der Waals surface area contributed by atoms with Crippen molar-refractivity contribution < 1.29 is 24.2 Å². The van der Waals surface area contributed by atoms with Crippen molar-refractivity contribution in [2.45, 2.75) is 98.5 Å². The molecule has 7 nitrogen and oxygen atoms in total. The van der Waals surface area contributed by atoms with Crippen molar-refractivity contribution in [1.29, 1.82) is 0 Å². The van der Waals surface area contributed by atoms with Gasteiger partial charge in [-0.15, -0.1) is 0 Å². The molecule has 0 saturated carbocycles. The first-order chi connectivity index (χ1) is 14.9. The van der Waals surface area contributed by atoms with Crippen LogP contribution in [0, 0.1) is 17.8 Å². The Balaban J connectivity index is 4.71. The van der Waals surface area contributed by atoms with Crippen molar-refractivity contribution in [2.75, 3.05) is 19.7 Å². The first kappa shape index (κ1) is 29.4. The number of aliphatic hydroxyl groups is 1. The molecule has 182 valence electrons. The molecule has 3 N–H and O–H groups in total. The average Bonchev–Trinajstić information content (AvgIpc) is 2.77. The number of rotatable bonds is 18. The van der Waals surface area contributed by atoms with E-state index in [0.29, 0.717) is 12.8 Å². The van der Waals surface area contributed by atoms with E-state index in [9.17, 15) is 19.5 Å². The van der Waals surface area contributed by atoms with Gasteiger partial charge in [-0.05, 0) is 44.4 Å². The minimum absolute atomic E-state index is 0.0491. The van der Waals surface area contributed by atoms with Crippen LogP contribution in [0.3, 0.4) is 0 Å². The van der Waals surface area contributed by atoms with E-state index in [2.05, 4.69) is 10.6 Å². The summed E-state index contributed by atoms with van der Waals surface area (Å²) in [5.41, 5.74) is 0. The van der Waals surface area contributed by atoms with Gasteiger partial charge in [-0.25, -0.2) is 0 Å². The van der Waals surface area contributed by atoms with Crippen molar-refractivity contribution in [3.8, 4) is 0 Å². The Morgan fingerprint density at radius 1 is 0.774 bits per heavy atom. The van der Waals surface area contributed by atoms with Crippen LogP contribution < -0.4 is 10.6 Å². The fraction of sp³-hybridized carbons (Fsp3) is 0.875. The Kier molecular flexibility index (Phi) is 17.0. The van der Waals surface area contributed by atoms with E-state index in [1.807, 2.05) is 34.6 Å². The summed E-state index contributed by atoms with van der Waals surface area (Å²) in [7, 11) is 0. The number of esters is 1. The lowest BCUT2D eigenvalue weighted by Crippen LogP contribution is -2.45. The number of hydrogen-bond donors (Lipinski definition) is 3. The van der Waals surface area contributed by atoms with Gasteiger partial charge in [-0.2, -0.15) is 0 Å². The average molecular weight is 443 g/mol. The van der Waals surface area contributed by atoms with Crippen molar-refractivity contribution >= 4 is 17.8 Å². The van der Waals surface area contributed by atoms with Crippen LogP contribution >= 0.6 is 0 Å². The second-order valence-corrected chi connectivity index (χ2v) is 8.33. The third kappa shape index (κ3) is 12.7. The molecular weight excluding hydrogens is 396 g/mol. The maximum atomic E-state index is 12.3. The van der Waals surface area contributed by atoms with E-state index in [1.165, 1.54) is 0 Å². The van der Waals surface area contributed by atoms with Gasteiger partial charge in [0.25, 0.3) is 0 Å². The highest BCUT2D eigenvalue weighted by Gasteiger charge is 2.21. The summed E-state index contributed by atoms with van der Waals surface area (Å²) in [5.74, 6) is -0.263. The molecule has 0 bridgehead atoms. The van der Waals surface area contributed by atoms with Crippen LogP contribution in [0.5, 0.6) is 0 Å². The number of carbonyl (C=O) groups excluding carboxylic acids is 3. The lowest BCUT2D eigenvalue weighted by molar-refractivity contribution is -0.150. The zero-order chi connectivity index (χ0) is 23.6. The van der Waals surface area contributed by atoms with E-state index < -0.39 is 6.10 Å². The molecule has 0 aromatic rings. The Hall–Kier alpha value is -1.63. The SMILES string of the molecule is CCC(CO)CCCCC(=O)OC(CNC(=O)C(CC)CC)CNC(=O)C(CC)CC. The number of carbonyl (C=O) groups is 3. The molecule has 0 aliphatic rings. The van der Waals surface area contributed by atoms with Gasteiger partial charge in [-0.3, -0.25) is 14.4 Å². The van der Waals surface area contributed by atoms with Gasteiger partial charge in [-0.1, -0.05) is 47.5 Å². The van der Waals surface area contributed by atoms with Crippen LogP contribution in [0.15, 0.2) is 0 Å². The summed E-state index contributed by atoms with van der Waals surface area (Å²) in [4.78, 5) is 36.9. The molecule has 1 unspecified atom stereocenters. The third-order valence-electron chi connectivity index (χ3n) is 6.10. The van der Waals surface area contributed by atoms with Crippen LogP contribution in [0.2, 0.25) is 0 Å². The molecule has 0 rings (SSSR count). The lowest BCUT2D eigenvalue weighted by Gasteiger charge is -2.22. The van der Waals surface area contributed by atoms with Gasteiger partial charge in [0.15, 0.2) is 0 Å². The van der Waals surface area contributed by atoms with E-state index >= 15 is 0 Å². The fourth-order valence-electron chi connectivity index (χ4n) is 3.56.